The van der Waals surface area contributed by atoms with Crippen molar-refractivity contribution >= 4 is 17.8 Å². The Morgan fingerprint density at radius 3 is 2.72 bits per heavy atom. The Morgan fingerprint density at radius 1 is 1.13 bits per heavy atom. The molecule has 0 aromatic heterocycles. The molecule has 2 aromatic rings. The summed E-state index contributed by atoms with van der Waals surface area (Å²) in [5.41, 5.74) is 10.8. The highest BCUT2D eigenvalue weighted by Crippen LogP contribution is 2.44. The van der Waals surface area contributed by atoms with Gasteiger partial charge in [0.2, 0.25) is 5.91 Å². The van der Waals surface area contributed by atoms with Crippen molar-refractivity contribution < 1.29 is 14.3 Å². The van der Waals surface area contributed by atoms with Crippen molar-refractivity contribution in [1.82, 2.24) is 10.2 Å². The van der Waals surface area contributed by atoms with Crippen LogP contribution in [0.25, 0.3) is 0 Å². The minimum absolute atomic E-state index is 0.0367. The third-order valence-electron chi connectivity index (χ3n) is 9.29. The summed E-state index contributed by atoms with van der Waals surface area (Å²) < 4.78 is 6.31. The van der Waals surface area contributed by atoms with Crippen LogP contribution in [0.15, 0.2) is 41.4 Å². The highest BCUT2D eigenvalue weighted by atomic mass is 16.5. The van der Waals surface area contributed by atoms with Crippen LogP contribution in [-0.2, 0) is 17.6 Å². The lowest BCUT2D eigenvalue weighted by Gasteiger charge is -2.41. The molecule has 0 radical (unpaired) electrons. The van der Waals surface area contributed by atoms with Crippen LogP contribution < -0.4 is 15.8 Å². The van der Waals surface area contributed by atoms with Gasteiger partial charge in [-0.05, 0) is 86.8 Å². The molecule has 39 heavy (non-hydrogen) atoms. The van der Waals surface area contributed by atoms with E-state index in [0.29, 0.717) is 24.4 Å². The lowest BCUT2D eigenvalue weighted by atomic mass is 9.84. The van der Waals surface area contributed by atoms with E-state index in [4.69, 9.17) is 15.5 Å². The van der Waals surface area contributed by atoms with E-state index in [0.717, 1.165) is 61.0 Å². The number of rotatable bonds is 1. The van der Waals surface area contributed by atoms with Gasteiger partial charge < -0.3 is 15.8 Å². The van der Waals surface area contributed by atoms with Gasteiger partial charge in [0, 0.05) is 17.5 Å². The molecule has 7 heteroatoms. The van der Waals surface area contributed by atoms with Gasteiger partial charge in [-0.25, -0.2) is 4.99 Å². The van der Waals surface area contributed by atoms with E-state index in [9.17, 15) is 9.59 Å². The van der Waals surface area contributed by atoms with E-state index in [1.54, 1.807) is 4.90 Å². The number of aryl methyl sites for hydroxylation is 1. The molecule has 6 bridgehead atoms. The van der Waals surface area contributed by atoms with E-state index >= 15 is 0 Å². The van der Waals surface area contributed by atoms with Gasteiger partial charge in [-0.2, -0.15) is 0 Å². The molecule has 4 aliphatic heterocycles. The van der Waals surface area contributed by atoms with Crippen LogP contribution in [0.5, 0.6) is 5.75 Å². The summed E-state index contributed by atoms with van der Waals surface area (Å²) >= 11 is 0. The van der Waals surface area contributed by atoms with Crippen LogP contribution in [0.4, 0.5) is 0 Å². The quantitative estimate of drug-likeness (QED) is 0.520. The zero-order valence-corrected chi connectivity index (χ0v) is 23.5. The van der Waals surface area contributed by atoms with Crippen molar-refractivity contribution in [2.24, 2.45) is 16.6 Å². The molecule has 3 N–H and O–H groups in total. The third-order valence-corrected chi connectivity index (χ3v) is 9.29. The molecular formula is C32H40N4O3. The van der Waals surface area contributed by atoms with Crippen molar-refractivity contribution in [1.29, 1.82) is 0 Å². The molecule has 2 aromatic carbocycles. The Hall–Kier alpha value is -3.35. The number of amides is 2. The van der Waals surface area contributed by atoms with Crippen LogP contribution in [-0.4, -0.2) is 33.8 Å². The number of ether oxygens (including phenoxy) is 1. The summed E-state index contributed by atoms with van der Waals surface area (Å²) in [6.45, 7) is 8.39. The lowest BCUT2D eigenvalue weighted by Crippen LogP contribution is -2.53. The Kier molecular flexibility index (Phi) is 6.23. The third kappa shape index (κ3) is 4.60. The molecule has 7 nitrogen and oxygen atoms in total. The smallest absolute Gasteiger partial charge is 0.251 e. The second-order valence-electron chi connectivity index (χ2n) is 12.7. The van der Waals surface area contributed by atoms with Crippen LogP contribution in [0, 0.1) is 5.92 Å². The number of carbonyl (C=O) groups is 2. The highest BCUT2D eigenvalue weighted by molar-refractivity contribution is 6.00. The van der Waals surface area contributed by atoms with Crippen LogP contribution >= 0.6 is 0 Å². The fourth-order valence-corrected chi connectivity index (χ4v) is 7.22. The van der Waals surface area contributed by atoms with Gasteiger partial charge in [0.15, 0.2) is 5.96 Å². The molecule has 4 heterocycles. The zero-order chi connectivity index (χ0) is 27.5. The van der Waals surface area contributed by atoms with Gasteiger partial charge >= 0.3 is 0 Å². The predicted octanol–water partition coefficient (Wildman–Crippen LogP) is 5.37. The fraction of sp³-hybridized carbons (Fsp3) is 0.531. The van der Waals surface area contributed by atoms with Crippen molar-refractivity contribution in [3.05, 3.63) is 64.2 Å². The maximum absolute atomic E-state index is 13.7. The van der Waals surface area contributed by atoms with Crippen LogP contribution in [0.1, 0.15) is 111 Å². The summed E-state index contributed by atoms with van der Waals surface area (Å²) in [6.07, 6.45) is 6.39. The fourth-order valence-electron chi connectivity index (χ4n) is 7.22. The molecule has 206 valence electrons. The largest absolute Gasteiger partial charge is 0.487 e. The SMILES string of the molecule is CC[C@@]12CCCCc3ccc4c(c3)[C@H](CC(C)(C)O4)NC(=O)c3ccc4c(c3)[C@@H]([C@H](C)C4)N(C(=O)C1)C(N)=N2. The topological polar surface area (TPSA) is 97.0 Å². The number of hydrogen-bond donors (Lipinski definition) is 2. The minimum atomic E-state index is -0.449. The normalized spacial score (nSPS) is 29.7. The predicted molar refractivity (Wildman–Crippen MR) is 152 cm³/mol. The molecule has 2 amide bonds. The number of benzene rings is 2. The minimum Gasteiger partial charge on any atom is -0.487 e. The first-order valence-corrected chi connectivity index (χ1v) is 14.5. The second-order valence-corrected chi connectivity index (χ2v) is 12.7. The van der Waals surface area contributed by atoms with Gasteiger partial charge in [0.05, 0.1) is 24.0 Å². The van der Waals surface area contributed by atoms with Gasteiger partial charge in [0.1, 0.15) is 11.4 Å². The van der Waals surface area contributed by atoms with E-state index in [1.165, 1.54) is 5.56 Å². The van der Waals surface area contributed by atoms with E-state index in [1.807, 2.05) is 18.2 Å². The average molecular weight is 529 g/mol. The van der Waals surface area contributed by atoms with E-state index in [-0.39, 0.29) is 35.4 Å². The standard InChI is InChI=1S/C32H40N4O3/c1-5-32-13-7-6-8-20-9-12-26-24(15-20)25(17-31(3,4)39-26)34-29(38)22-11-10-21-14-19(2)28(23(21)16-22)36(27(37)18-32)30(33)35-32/h9-12,15-16,19,25,28H,5-8,13-14,17-18H2,1-4H3,(H2,33,35)(H,34,38)/t19-,25+,28-,32-/m1/s1. The zero-order valence-electron chi connectivity index (χ0n) is 23.5. The highest BCUT2D eigenvalue weighted by Gasteiger charge is 2.45. The van der Waals surface area contributed by atoms with E-state index in [2.05, 4.69) is 51.2 Å². The molecule has 7 rings (SSSR count). The molecule has 5 aliphatic rings. The number of guanidine groups is 1. The number of hydrogen-bond acceptors (Lipinski definition) is 5. The average Bonchev–Trinajstić information content (AvgIpc) is 3.20. The first-order chi connectivity index (χ1) is 18.6. The summed E-state index contributed by atoms with van der Waals surface area (Å²) in [7, 11) is 0. The van der Waals surface area contributed by atoms with Crippen LogP contribution in [0.2, 0.25) is 0 Å². The van der Waals surface area contributed by atoms with Crippen molar-refractivity contribution in [2.45, 2.75) is 102 Å². The summed E-state index contributed by atoms with van der Waals surface area (Å²) in [6, 6.07) is 11.9. The monoisotopic (exact) mass is 528 g/mol. The maximum atomic E-state index is 13.7. The molecule has 0 spiro atoms. The molecule has 0 unspecified atom stereocenters. The summed E-state index contributed by atoms with van der Waals surface area (Å²) in [5, 5.41) is 3.32. The molecule has 0 saturated carbocycles. The van der Waals surface area contributed by atoms with Crippen LogP contribution in [0.3, 0.4) is 0 Å². The lowest BCUT2D eigenvalue weighted by molar-refractivity contribution is -0.132. The number of carbonyl (C=O) groups excluding carboxylic acids is 2. The number of nitrogens with two attached hydrogens (primary N) is 1. The molecule has 0 saturated heterocycles. The Balaban J connectivity index is 1.44. The number of nitrogens with one attached hydrogen (secondary N) is 1. The van der Waals surface area contributed by atoms with Crippen molar-refractivity contribution in [2.75, 3.05) is 0 Å². The van der Waals surface area contributed by atoms with E-state index < -0.39 is 5.54 Å². The Labute approximate surface area is 231 Å². The molecular weight excluding hydrogens is 488 g/mol. The Morgan fingerprint density at radius 2 is 1.95 bits per heavy atom. The second kappa shape index (κ2) is 9.39. The molecule has 1 aliphatic carbocycles. The van der Waals surface area contributed by atoms with Gasteiger partial charge in [-0.15, -0.1) is 0 Å². The van der Waals surface area contributed by atoms with Gasteiger partial charge in [-0.3, -0.25) is 14.5 Å². The number of fused-ring (bicyclic) bond motifs is 5. The first kappa shape index (κ1) is 25.9. The van der Waals surface area contributed by atoms with Crippen molar-refractivity contribution in [3.63, 3.8) is 0 Å². The molecule has 0 fully saturated rings. The first-order valence-electron chi connectivity index (χ1n) is 14.5. The van der Waals surface area contributed by atoms with Gasteiger partial charge in [0.25, 0.3) is 5.91 Å². The Bertz CT molecular complexity index is 1370. The van der Waals surface area contributed by atoms with Gasteiger partial charge in [-0.1, -0.05) is 38.5 Å². The molecule has 4 atom stereocenters. The number of aliphatic imine (C=N–C) groups is 1. The summed E-state index contributed by atoms with van der Waals surface area (Å²) in [5.74, 6) is 1.26. The summed E-state index contributed by atoms with van der Waals surface area (Å²) in [4.78, 5) is 34.1. The van der Waals surface area contributed by atoms with Crippen molar-refractivity contribution in [3.8, 4) is 5.75 Å². The maximum Gasteiger partial charge on any atom is 0.251 e. The number of nitrogens with zero attached hydrogens (tertiary/aromatic N) is 2.